The number of fused-ring (bicyclic) bond motifs is 4. The lowest BCUT2D eigenvalue weighted by Gasteiger charge is -2.39. The van der Waals surface area contributed by atoms with Gasteiger partial charge in [0, 0.05) is 25.0 Å². The maximum atomic E-state index is 14.0. The van der Waals surface area contributed by atoms with E-state index in [1.165, 1.54) is 5.01 Å². The van der Waals surface area contributed by atoms with Crippen LogP contribution in [-0.2, 0) is 28.7 Å². The van der Waals surface area contributed by atoms with Crippen LogP contribution >= 0.6 is 0 Å². The number of nitrogens with zero attached hydrogens (tertiary/aromatic N) is 3. The highest BCUT2D eigenvalue weighted by atomic mass is 16.6. The molecule has 2 fully saturated rings. The molecule has 2 saturated heterocycles. The van der Waals surface area contributed by atoms with Crippen LogP contribution < -0.4 is 16.1 Å². The normalized spacial score (nSPS) is 29.2. The standard InChI is InChI=1S/C33H44N6O6/c1-6-38-16-17-44-33(19-38)14-13-23-9-10-24-11-12-25(36-27(24)18-23)21(4)34-29(40)26-8-7-15-39(37-26)31(42)22(5)35-30(41)28(20(2)3)45-32(33)43/h9-14,18,20-22,26,28,37H,6-8,15-17,19H2,1-5H3,(H,34,40)(H,35,41). The first kappa shape index (κ1) is 32.5. The first-order valence-corrected chi connectivity index (χ1v) is 15.9. The van der Waals surface area contributed by atoms with E-state index in [1.54, 1.807) is 26.8 Å². The van der Waals surface area contributed by atoms with Gasteiger partial charge >= 0.3 is 5.97 Å². The number of carbonyl (C=O) groups is 4. The molecule has 3 amide bonds. The van der Waals surface area contributed by atoms with E-state index in [2.05, 4.69) is 21.0 Å². The van der Waals surface area contributed by atoms with Gasteiger partial charge in [0.05, 0.1) is 23.9 Å². The maximum Gasteiger partial charge on any atom is 0.344 e. The minimum Gasteiger partial charge on any atom is -0.450 e. The molecule has 0 radical (unpaired) electrons. The van der Waals surface area contributed by atoms with Crippen molar-refractivity contribution in [1.82, 2.24) is 31.0 Å². The number of pyridine rings is 1. The quantitative estimate of drug-likeness (QED) is 0.431. The van der Waals surface area contributed by atoms with Crippen LogP contribution in [0, 0.1) is 5.92 Å². The van der Waals surface area contributed by atoms with Crippen molar-refractivity contribution in [1.29, 1.82) is 0 Å². The van der Waals surface area contributed by atoms with Crippen LogP contribution in [0.1, 0.15) is 64.8 Å². The molecule has 4 heterocycles. The summed E-state index contributed by atoms with van der Waals surface area (Å²) in [6.07, 6.45) is 3.51. The molecule has 45 heavy (non-hydrogen) atoms. The molecular formula is C33H44N6O6. The van der Waals surface area contributed by atoms with Gasteiger partial charge < -0.3 is 20.1 Å². The summed E-state index contributed by atoms with van der Waals surface area (Å²) >= 11 is 0. The third kappa shape index (κ3) is 7.18. The number of carbonyl (C=O) groups excluding carboxylic acids is 4. The molecule has 242 valence electrons. The summed E-state index contributed by atoms with van der Waals surface area (Å²) < 4.78 is 12.1. The molecule has 0 aliphatic carbocycles. The van der Waals surface area contributed by atoms with Gasteiger partial charge in [-0.2, -0.15) is 0 Å². The fourth-order valence-corrected chi connectivity index (χ4v) is 5.92. The summed E-state index contributed by atoms with van der Waals surface area (Å²) in [6, 6.07) is 7.71. The number of hydrogen-bond acceptors (Lipinski definition) is 9. The molecule has 5 bridgehead atoms. The van der Waals surface area contributed by atoms with Crippen molar-refractivity contribution in [3.63, 3.8) is 0 Å². The van der Waals surface area contributed by atoms with E-state index >= 15 is 0 Å². The van der Waals surface area contributed by atoms with E-state index in [-0.39, 0.29) is 24.4 Å². The van der Waals surface area contributed by atoms with E-state index in [0.717, 1.165) is 16.5 Å². The molecule has 12 heteroatoms. The zero-order chi connectivity index (χ0) is 32.3. The van der Waals surface area contributed by atoms with Gasteiger partial charge in [0.1, 0.15) is 12.1 Å². The average molecular weight is 621 g/mol. The number of cyclic esters (lactones) is 1. The fraction of sp³-hybridized carbons (Fsp3) is 0.545. The number of amides is 3. The van der Waals surface area contributed by atoms with E-state index in [1.807, 2.05) is 50.3 Å². The smallest absolute Gasteiger partial charge is 0.344 e. The molecule has 0 saturated carbocycles. The van der Waals surface area contributed by atoms with Crippen LogP contribution in [0.2, 0.25) is 0 Å². The van der Waals surface area contributed by atoms with Gasteiger partial charge in [0.2, 0.25) is 5.91 Å². The first-order valence-electron chi connectivity index (χ1n) is 15.9. The molecule has 1 spiro atoms. The second-order valence-electron chi connectivity index (χ2n) is 12.5. The Morgan fingerprint density at radius 2 is 1.78 bits per heavy atom. The molecule has 3 N–H and O–H groups in total. The molecular weight excluding hydrogens is 576 g/mol. The number of aromatic nitrogens is 1. The number of likely N-dealkylation sites (N-methyl/N-ethyl adjacent to an activating group) is 1. The molecule has 12 nitrogen and oxygen atoms in total. The Morgan fingerprint density at radius 1 is 1.02 bits per heavy atom. The summed E-state index contributed by atoms with van der Waals surface area (Å²) in [5, 5.41) is 8.07. The number of morpholine rings is 1. The lowest BCUT2D eigenvalue weighted by atomic mass is 9.98. The second-order valence-corrected chi connectivity index (χ2v) is 12.5. The summed E-state index contributed by atoms with van der Waals surface area (Å²) in [7, 11) is 0. The van der Waals surface area contributed by atoms with Crippen molar-refractivity contribution < 1.29 is 28.7 Å². The number of ether oxygens (including phenoxy) is 2. The van der Waals surface area contributed by atoms with Crippen LogP contribution in [0.25, 0.3) is 17.0 Å². The molecule has 5 rings (SSSR count). The number of benzene rings is 1. The van der Waals surface area contributed by atoms with Gasteiger partial charge in [-0.15, -0.1) is 0 Å². The minimum atomic E-state index is -1.45. The van der Waals surface area contributed by atoms with Crippen LogP contribution in [0.4, 0.5) is 0 Å². The Hall–Kier alpha value is -3.87. The summed E-state index contributed by atoms with van der Waals surface area (Å²) in [6.45, 7) is 11.3. The molecule has 2 aromatic rings. The van der Waals surface area contributed by atoms with Gasteiger partial charge in [-0.3, -0.25) is 29.3 Å². The molecule has 1 aromatic heterocycles. The van der Waals surface area contributed by atoms with E-state index < -0.39 is 41.6 Å². The molecule has 3 aliphatic heterocycles. The topological polar surface area (TPSA) is 142 Å². The van der Waals surface area contributed by atoms with E-state index in [9.17, 15) is 19.2 Å². The Labute approximate surface area is 263 Å². The molecule has 5 atom stereocenters. The Kier molecular flexibility index (Phi) is 9.85. The highest BCUT2D eigenvalue weighted by Gasteiger charge is 2.45. The highest BCUT2D eigenvalue weighted by molar-refractivity contribution is 5.92. The monoisotopic (exact) mass is 620 g/mol. The number of nitrogens with one attached hydrogen (secondary N) is 3. The van der Waals surface area contributed by atoms with Crippen LogP contribution in [0.15, 0.2) is 36.4 Å². The third-order valence-electron chi connectivity index (χ3n) is 8.70. The second kappa shape index (κ2) is 13.6. The minimum absolute atomic E-state index is 0.244. The van der Waals surface area contributed by atoms with Gasteiger partial charge in [-0.25, -0.2) is 10.2 Å². The Bertz CT molecular complexity index is 1480. The summed E-state index contributed by atoms with van der Waals surface area (Å²) in [5.74, 6) is -2.27. The van der Waals surface area contributed by atoms with Crippen molar-refractivity contribution in [2.24, 2.45) is 5.92 Å². The SMILES string of the molecule is CCN1CCOC2(C=Cc3ccc4ccc(nc4c3)C(C)NC(=O)C3CCCN(N3)C(=O)C(C)NC(=O)C(C(C)C)OC2=O)C1. The van der Waals surface area contributed by atoms with Crippen LogP contribution in [0.3, 0.4) is 0 Å². The number of rotatable bonds is 2. The lowest BCUT2D eigenvalue weighted by molar-refractivity contribution is -0.184. The predicted octanol–water partition coefficient (Wildman–Crippen LogP) is 2.10. The zero-order valence-electron chi connectivity index (χ0n) is 26.7. The van der Waals surface area contributed by atoms with Crippen LogP contribution in [-0.4, -0.2) is 95.2 Å². The fourth-order valence-electron chi connectivity index (χ4n) is 5.92. The lowest BCUT2D eigenvalue weighted by Crippen LogP contribution is -2.61. The predicted molar refractivity (Wildman–Crippen MR) is 168 cm³/mol. The van der Waals surface area contributed by atoms with Crippen molar-refractivity contribution in [3.05, 3.63) is 47.7 Å². The molecule has 1 aromatic carbocycles. The average Bonchev–Trinajstić information content (AvgIpc) is 3.04. The van der Waals surface area contributed by atoms with Gasteiger partial charge in [-0.05, 0) is 62.9 Å². The van der Waals surface area contributed by atoms with Crippen LogP contribution in [0.5, 0.6) is 0 Å². The highest BCUT2D eigenvalue weighted by Crippen LogP contribution is 2.26. The van der Waals surface area contributed by atoms with Crippen molar-refractivity contribution in [2.75, 3.05) is 32.8 Å². The van der Waals surface area contributed by atoms with Gasteiger partial charge in [0.15, 0.2) is 11.7 Å². The molecule has 3 aliphatic rings. The number of esters is 1. The number of hydrazine groups is 1. The number of hydrogen-bond donors (Lipinski definition) is 3. The van der Waals surface area contributed by atoms with E-state index in [4.69, 9.17) is 14.5 Å². The summed E-state index contributed by atoms with van der Waals surface area (Å²) in [5.41, 5.74) is 3.82. The largest absolute Gasteiger partial charge is 0.450 e. The zero-order valence-corrected chi connectivity index (χ0v) is 26.7. The summed E-state index contributed by atoms with van der Waals surface area (Å²) in [4.78, 5) is 61.0. The first-order chi connectivity index (χ1) is 21.5. The van der Waals surface area contributed by atoms with Crippen molar-refractivity contribution >= 4 is 40.7 Å². The maximum absolute atomic E-state index is 14.0. The Balaban J connectivity index is 1.55. The van der Waals surface area contributed by atoms with Gasteiger partial charge in [0.25, 0.3) is 11.8 Å². The van der Waals surface area contributed by atoms with Crippen molar-refractivity contribution in [2.45, 2.75) is 77.3 Å². The van der Waals surface area contributed by atoms with Gasteiger partial charge in [-0.1, -0.05) is 45.0 Å². The van der Waals surface area contributed by atoms with Crippen molar-refractivity contribution in [3.8, 4) is 0 Å². The Morgan fingerprint density at radius 3 is 2.53 bits per heavy atom. The third-order valence-corrected chi connectivity index (χ3v) is 8.70. The molecule has 5 unspecified atom stereocenters. The van der Waals surface area contributed by atoms with E-state index in [0.29, 0.717) is 44.8 Å².